The number of fused-ring (bicyclic) bond motifs is 1. The summed E-state index contributed by atoms with van der Waals surface area (Å²) in [5.74, 6) is -0.0185. The lowest BCUT2D eigenvalue weighted by Crippen LogP contribution is -2.17. The Morgan fingerprint density at radius 1 is 1.22 bits per heavy atom. The lowest BCUT2D eigenvalue weighted by atomic mass is 10.1. The maximum atomic E-state index is 13.7. The minimum absolute atomic E-state index is 0.0654. The standard InChI is InChI=1S/C21H25F2N6OPS/c1-2-7-32-21-24-19-18(26-27-28(19)12-4-5-13(30)9-12)20(25-21)29(31)17-10-14(17)11-3-6-15(22)16(23)8-11/h3,6,8,12-14,17,30H,2,4-5,7,9-10,31H2,1H3/t12-,13+,14-,17+/m0/s1. The van der Waals surface area contributed by atoms with Crippen molar-refractivity contribution in [2.45, 2.75) is 68.3 Å². The smallest absolute Gasteiger partial charge is 0.191 e. The van der Waals surface area contributed by atoms with Gasteiger partial charge in [0.2, 0.25) is 0 Å². The fourth-order valence-electron chi connectivity index (χ4n) is 4.38. The summed E-state index contributed by atoms with van der Waals surface area (Å²) in [6.07, 6.45) is 3.70. The van der Waals surface area contributed by atoms with Gasteiger partial charge in [0, 0.05) is 17.7 Å². The fraction of sp³-hybridized carbons (Fsp3) is 0.524. The minimum Gasteiger partial charge on any atom is -0.393 e. The summed E-state index contributed by atoms with van der Waals surface area (Å²) < 4.78 is 30.9. The van der Waals surface area contributed by atoms with E-state index in [1.54, 1.807) is 17.8 Å². The van der Waals surface area contributed by atoms with Crippen LogP contribution < -0.4 is 4.67 Å². The van der Waals surface area contributed by atoms with Gasteiger partial charge in [0.15, 0.2) is 33.8 Å². The maximum Gasteiger partial charge on any atom is 0.191 e. The highest BCUT2D eigenvalue weighted by molar-refractivity contribution is 7.99. The Bertz CT molecular complexity index is 1150. The van der Waals surface area contributed by atoms with Crippen LogP contribution in [0.25, 0.3) is 11.2 Å². The van der Waals surface area contributed by atoms with Crippen LogP contribution in [0.4, 0.5) is 14.6 Å². The molecule has 2 heterocycles. The second kappa shape index (κ2) is 8.80. The van der Waals surface area contributed by atoms with Crippen molar-refractivity contribution in [3.8, 4) is 0 Å². The lowest BCUT2D eigenvalue weighted by molar-refractivity contribution is 0.177. The predicted molar refractivity (Wildman–Crippen MR) is 123 cm³/mol. The van der Waals surface area contributed by atoms with Gasteiger partial charge in [0.25, 0.3) is 0 Å². The molecule has 2 aliphatic carbocycles. The predicted octanol–water partition coefficient (Wildman–Crippen LogP) is 4.24. The van der Waals surface area contributed by atoms with Crippen molar-refractivity contribution in [2.75, 3.05) is 10.4 Å². The van der Waals surface area contributed by atoms with E-state index in [9.17, 15) is 13.9 Å². The molecule has 3 aromatic rings. The Balaban J connectivity index is 1.48. The SMILES string of the molecule is CCCSc1nc(N(P)[C@@H]2C[C@H]2c2ccc(F)c(F)c2)c2nnn([C@H]3CC[C@@H](O)C3)c2n1. The molecule has 7 nitrogen and oxygen atoms in total. The van der Waals surface area contributed by atoms with Gasteiger partial charge in [-0.1, -0.05) is 30.0 Å². The highest BCUT2D eigenvalue weighted by Gasteiger charge is 2.43. The fourth-order valence-corrected chi connectivity index (χ4v) is 5.58. The molecule has 2 saturated carbocycles. The Morgan fingerprint density at radius 2 is 2.06 bits per heavy atom. The van der Waals surface area contributed by atoms with Gasteiger partial charge >= 0.3 is 0 Å². The van der Waals surface area contributed by atoms with Gasteiger partial charge in [-0.15, -0.1) is 5.10 Å². The number of benzene rings is 1. The zero-order valence-electron chi connectivity index (χ0n) is 17.7. The molecule has 0 spiro atoms. The highest BCUT2D eigenvalue weighted by atomic mass is 32.2. The number of hydrogen-bond acceptors (Lipinski definition) is 7. The van der Waals surface area contributed by atoms with Gasteiger partial charge in [0.1, 0.15) is 0 Å². The van der Waals surface area contributed by atoms with Crippen LogP contribution in [0, 0.1) is 11.6 Å². The third kappa shape index (κ3) is 4.08. The first-order valence-electron chi connectivity index (χ1n) is 10.9. The van der Waals surface area contributed by atoms with Crippen molar-refractivity contribution in [3.05, 3.63) is 35.4 Å². The molecule has 1 aromatic carbocycles. The zero-order chi connectivity index (χ0) is 22.4. The van der Waals surface area contributed by atoms with E-state index in [0.29, 0.717) is 28.6 Å². The third-order valence-corrected chi connectivity index (χ3v) is 7.85. The van der Waals surface area contributed by atoms with Crippen molar-refractivity contribution in [3.63, 3.8) is 0 Å². The van der Waals surface area contributed by atoms with Crippen LogP contribution in [0.3, 0.4) is 0 Å². The molecule has 1 N–H and O–H groups in total. The molecule has 11 heteroatoms. The summed E-state index contributed by atoms with van der Waals surface area (Å²) in [5.41, 5.74) is 2.05. The molecular formula is C21H25F2N6OPS. The number of halogens is 2. The number of nitrogens with zero attached hydrogens (tertiary/aromatic N) is 6. The van der Waals surface area contributed by atoms with Crippen LogP contribution >= 0.6 is 21.2 Å². The van der Waals surface area contributed by atoms with E-state index < -0.39 is 11.6 Å². The van der Waals surface area contributed by atoms with E-state index in [0.717, 1.165) is 37.0 Å². The summed E-state index contributed by atoms with van der Waals surface area (Å²) in [4.78, 5) is 9.52. The van der Waals surface area contributed by atoms with Gasteiger partial charge < -0.3 is 9.78 Å². The minimum atomic E-state index is -0.836. The first-order valence-corrected chi connectivity index (χ1v) is 12.4. The van der Waals surface area contributed by atoms with E-state index in [1.165, 1.54) is 12.1 Å². The normalized spacial score (nSPS) is 24.9. The Morgan fingerprint density at radius 3 is 2.78 bits per heavy atom. The number of rotatable bonds is 7. The Hall–Kier alpha value is -1.90. The first kappa shape index (κ1) is 21.9. The van der Waals surface area contributed by atoms with Crippen LogP contribution in [0.1, 0.15) is 56.6 Å². The Kier molecular flexibility index (Phi) is 6.03. The van der Waals surface area contributed by atoms with Crippen LogP contribution in [-0.4, -0.2) is 48.0 Å². The number of anilines is 1. The Labute approximate surface area is 191 Å². The van der Waals surface area contributed by atoms with Crippen LogP contribution in [0.5, 0.6) is 0 Å². The number of aliphatic hydroxyl groups excluding tert-OH is 1. The topological polar surface area (TPSA) is 80.0 Å². The highest BCUT2D eigenvalue weighted by Crippen LogP contribution is 2.48. The van der Waals surface area contributed by atoms with Crippen LogP contribution in [0.15, 0.2) is 23.4 Å². The van der Waals surface area contributed by atoms with E-state index >= 15 is 0 Å². The molecule has 5 atom stereocenters. The molecule has 2 aliphatic rings. The average molecular weight is 479 g/mol. The first-order chi connectivity index (χ1) is 15.5. The van der Waals surface area contributed by atoms with Crippen molar-refractivity contribution >= 4 is 38.1 Å². The monoisotopic (exact) mass is 478 g/mol. The molecule has 2 aromatic heterocycles. The number of aliphatic hydroxyl groups is 1. The molecule has 0 saturated heterocycles. The quantitative estimate of drug-likeness (QED) is 0.309. The number of thioether (sulfide) groups is 1. The molecule has 0 radical (unpaired) electrons. The summed E-state index contributed by atoms with van der Waals surface area (Å²) in [6, 6.07) is 4.23. The molecular weight excluding hydrogens is 453 g/mol. The van der Waals surface area contributed by atoms with Crippen molar-refractivity contribution in [1.82, 2.24) is 25.0 Å². The van der Waals surface area contributed by atoms with Gasteiger partial charge in [-0.2, -0.15) is 0 Å². The number of aromatic nitrogens is 5. The van der Waals surface area contributed by atoms with Gasteiger partial charge in [-0.25, -0.2) is 23.4 Å². The lowest BCUT2D eigenvalue weighted by Gasteiger charge is -2.19. The molecule has 2 fully saturated rings. The van der Waals surface area contributed by atoms with Gasteiger partial charge in [-0.3, -0.25) is 0 Å². The van der Waals surface area contributed by atoms with E-state index in [4.69, 9.17) is 9.97 Å². The number of hydrogen-bond donors (Lipinski definition) is 1. The molecule has 170 valence electrons. The summed E-state index contributed by atoms with van der Waals surface area (Å²) in [5, 5.41) is 19.4. The van der Waals surface area contributed by atoms with Crippen molar-refractivity contribution in [1.29, 1.82) is 0 Å². The largest absolute Gasteiger partial charge is 0.393 e. The molecule has 5 rings (SSSR count). The summed E-state index contributed by atoms with van der Waals surface area (Å²) in [7, 11) is 2.71. The summed E-state index contributed by atoms with van der Waals surface area (Å²) >= 11 is 1.59. The van der Waals surface area contributed by atoms with Crippen molar-refractivity contribution < 1.29 is 13.9 Å². The maximum absolute atomic E-state index is 13.7. The molecule has 1 unspecified atom stereocenters. The summed E-state index contributed by atoms with van der Waals surface area (Å²) in [6.45, 7) is 2.11. The molecule has 0 amide bonds. The van der Waals surface area contributed by atoms with Gasteiger partial charge in [0.05, 0.1) is 12.1 Å². The van der Waals surface area contributed by atoms with Gasteiger partial charge in [-0.05, 0) is 59.2 Å². The van der Waals surface area contributed by atoms with Crippen LogP contribution in [0.2, 0.25) is 0 Å². The van der Waals surface area contributed by atoms with E-state index in [2.05, 4.69) is 26.6 Å². The van der Waals surface area contributed by atoms with Crippen molar-refractivity contribution in [2.24, 2.45) is 0 Å². The van der Waals surface area contributed by atoms with Crippen LogP contribution in [-0.2, 0) is 0 Å². The third-order valence-electron chi connectivity index (χ3n) is 6.17. The molecule has 32 heavy (non-hydrogen) atoms. The molecule has 0 bridgehead atoms. The zero-order valence-corrected chi connectivity index (χ0v) is 19.6. The molecule has 0 aliphatic heterocycles. The average Bonchev–Trinajstić information content (AvgIpc) is 3.29. The second-order valence-electron chi connectivity index (χ2n) is 8.50. The van der Waals surface area contributed by atoms with E-state index in [1.807, 2.05) is 9.35 Å². The van der Waals surface area contributed by atoms with E-state index in [-0.39, 0.29) is 24.1 Å². The second-order valence-corrected chi connectivity index (χ2v) is 10.1.